The summed E-state index contributed by atoms with van der Waals surface area (Å²) in [5.41, 5.74) is 2.76. The average Bonchev–Trinajstić information content (AvgIpc) is 3.06. The first kappa shape index (κ1) is 15.1. The van der Waals surface area contributed by atoms with E-state index in [1.54, 1.807) is 6.20 Å². The van der Waals surface area contributed by atoms with Crippen molar-refractivity contribution >= 4 is 16.9 Å². The summed E-state index contributed by atoms with van der Waals surface area (Å²) in [5.74, 6) is 1.71. The molecule has 24 heavy (non-hydrogen) atoms. The molecule has 0 amide bonds. The molecule has 2 aromatic heterocycles. The summed E-state index contributed by atoms with van der Waals surface area (Å²) >= 11 is 0. The molecule has 1 aliphatic heterocycles. The molecule has 0 spiro atoms. The van der Waals surface area contributed by atoms with Crippen LogP contribution in [0.25, 0.3) is 22.6 Å². The van der Waals surface area contributed by atoms with Crippen LogP contribution in [0.3, 0.4) is 0 Å². The number of piperidine rings is 1. The maximum atomic E-state index is 4.79. The Morgan fingerprint density at radius 1 is 1.08 bits per heavy atom. The second-order valence-electron chi connectivity index (χ2n) is 6.55. The van der Waals surface area contributed by atoms with Gasteiger partial charge in [0.05, 0.1) is 23.4 Å². The van der Waals surface area contributed by atoms with Gasteiger partial charge < -0.3 is 14.8 Å². The largest absolute Gasteiger partial charge is 0.355 e. The first-order valence-electron chi connectivity index (χ1n) is 8.39. The van der Waals surface area contributed by atoms with E-state index in [4.69, 9.17) is 4.98 Å². The van der Waals surface area contributed by atoms with Gasteiger partial charge in [0.1, 0.15) is 11.5 Å². The minimum atomic E-state index is 0.660. The minimum Gasteiger partial charge on any atom is -0.355 e. The van der Waals surface area contributed by atoms with E-state index in [9.17, 15) is 0 Å². The molecule has 1 aromatic carbocycles. The second-order valence-corrected chi connectivity index (χ2v) is 6.55. The molecule has 0 aliphatic carbocycles. The fraction of sp³-hybridized carbons (Fsp3) is 0.389. The third-order valence-corrected chi connectivity index (χ3v) is 4.77. The Labute approximate surface area is 141 Å². The van der Waals surface area contributed by atoms with Crippen molar-refractivity contribution in [3.63, 3.8) is 0 Å². The van der Waals surface area contributed by atoms with Gasteiger partial charge in [0.25, 0.3) is 0 Å². The first-order chi connectivity index (χ1) is 11.7. The number of anilines is 1. The maximum Gasteiger partial charge on any atom is 0.158 e. The van der Waals surface area contributed by atoms with E-state index in [1.807, 2.05) is 30.5 Å². The lowest BCUT2D eigenvalue weighted by Crippen LogP contribution is -2.42. The molecule has 124 valence electrons. The highest BCUT2D eigenvalue weighted by molar-refractivity contribution is 5.78. The Kier molecular flexibility index (Phi) is 3.90. The normalized spacial score (nSPS) is 16.2. The third-order valence-electron chi connectivity index (χ3n) is 4.77. The van der Waals surface area contributed by atoms with Crippen LogP contribution < -0.4 is 4.90 Å². The minimum absolute atomic E-state index is 0.660. The second kappa shape index (κ2) is 6.20. The van der Waals surface area contributed by atoms with Gasteiger partial charge in [-0.15, -0.1) is 0 Å². The molecule has 0 saturated carbocycles. The van der Waals surface area contributed by atoms with Crippen molar-refractivity contribution in [1.82, 2.24) is 24.8 Å². The van der Waals surface area contributed by atoms with Crippen LogP contribution in [0.4, 0.5) is 5.82 Å². The molecule has 0 atom stereocenters. The zero-order chi connectivity index (χ0) is 16.5. The number of para-hydroxylation sites is 2. The fourth-order valence-corrected chi connectivity index (χ4v) is 3.31. The Hall–Kier alpha value is -2.47. The summed E-state index contributed by atoms with van der Waals surface area (Å²) in [6.07, 6.45) is 5.93. The molecule has 1 N–H and O–H groups in total. The van der Waals surface area contributed by atoms with Crippen molar-refractivity contribution in [2.45, 2.75) is 18.9 Å². The number of hydrogen-bond donors (Lipinski definition) is 1. The van der Waals surface area contributed by atoms with E-state index in [1.165, 1.54) is 0 Å². The molecule has 1 fully saturated rings. The van der Waals surface area contributed by atoms with E-state index in [0.29, 0.717) is 6.04 Å². The van der Waals surface area contributed by atoms with Gasteiger partial charge in [-0.3, -0.25) is 4.98 Å². The summed E-state index contributed by atoms with van der Waals surface area (Å²) in [4.78, 5) is 21.8. The van der Waals surface area contributed by atoms with Crippen LogP contribution in [0.2, 0.25) is 0 Å². The van der Waals surface area contributed by atoms with Crippen molar-refractivity contribution in [2.24, 2.45) is 0 Å². The van der Waals surface area contributed by atoms with Crippen LogP contribution in [0, 0.1) is 0 Å². The highest BCUT2D eigenvalue weighted by Gasteiger charge is 2.22. The number of aromatic nitrogens is 4. The van der Waals surface area contributed by atoms with Gasteiger partial charge >= 0.3 is 0 Å². The molecule has 6 heteroatoms. The van der Waals surface area contributed by atoms with E-state index < -0.39 is 0 Å². The van der Waals surface area contributed by atoms with Crippen LogP contribution in [0.15, 0.2) is 36.7 Å². The van der Waals surface area contributed by atoms with Gasteiger partial charge in [0.15, 0.2) is 5.82 Å². The van der Waals surface area contributed by atoms with Gasteiger partial charge in [-0.2, -0.15) is 0 Å². The zero-order valence-corrected chi connectivity index (χ0v) is 14.1. The molecule has 4 rings (SSSR count). The SMILES string of the molecule is CN(C)C1CCN(c2cncc(-c3nc4ccccc4[nH]3)n2)CC1. The van der Waals surface area contributed by atoms with Gasteiger partial charge in [-0.25, -0.2) is 9.97 Å². The zero-order valence-electron chi connectivity index (χ0n) is 14.1. The molecule has 0 unspecified atom stereocenters. The summed E-state index contributed by atoms with van der Waals surface area (Å²) in [6, 6.07) is 8.67. The van der Waals surface area contributed by atoms with Crippen molar-refractivity contribution in [1.29, 1.82) is 0 Å². The summed E-state index contributed by atoms with van der Waals surface area (Å²) < 4.78 is 0. The Balaban J connectivity index is 1.58. The third kappa shape index (κ3) is 2.85. The number of H-pyrrole nitrogens is 1. The number of benzene rings is 1. The van der Waals surface area contributed by atoms with E-state index in [0.717, 1.165) is 54.3 Å². The van der Waals surface area contributed by atoms with Crippen molar-refractivity contribution in [3.05, 3.63) is 36.7 Å². The lowest BCUT2D eigenvalue weighted by molar-refractivity contribution is 0.249. The first-order valence-corrected chi connectivity index (χ1v) is 8.39. The number of imidazole rings is 1. The standard InChI is InChI=1S/C18H22N6/c1-23(2)13-7-9-24(10-8-13)17-12-19-11-16(20-17)18-21-14-5-3-4-6-15(14)22-18/h3-6,11-13H,7-10H2,1-2H3,(H,21,22). The molecule has 0 radical (unpaired) electrons. The van der Waals surface area contributed by atoms with Crippen LogP contribution >= 0.6 is 0 Å². The van der Waals surface area contributed by atoms with E-state index in [-0.39, 0.29) is 0 Å². The maximum absolute atomic E-state index is 4.79. The Morgan fingerprint density at radius 2 is 1.88 bits per heavy atom. The van der Waals surface area contributed by atoms with E-state index >= 15 is 0 Å². The molecule has 6 nitrogen and oxygen atoms in total. The number of nitrogens with one attached hydrogen (secondary N) is 1. The molecule has 3 aromatic rings. The van der Waals surface area contributed by atoms with Crippen molar-refractivity contribution in [3.8, 4) is 11.5 Å². The van der Waals surface area contributed by atoms with Gasteiger partial charge in [-0.05, 0) is 39.1 Å². The summed E-state index contributed by atoms with van der Waals surface area (Å²) in [5, 5.41) is 0. The van der Waals surface area contributed by atoms with Gasteiger partial charge in [-0.1, -0.05) is 12.1 Å². The fourth-order valence-electron chi connectivity index (χ4n) is 3.31. The molecular formula is C18H22N6. The summed E-state index contributed by atoms with van der Waals surface area (Å²) in [6.45, 7) is 2.03. The quantitative estimate of drug-likeness (QED) is 0.803. The Morgan fingerprint density at radius 3 is 2.62 bits per heavy atom. The molecular weight excluding hydrogens is 300 g/mol. The number of nitrogens with zero attached hydrogens (tertiary/aromatic N) is 5. The van der Waals surface area contributed by atoms with Gasteiger partial charge in [0.2, 0.25) is 0 Å². The lowest BCUT2D eigenvalue weighted by atomic mass is 10.0. The van der Waals surface area contributed by atoms with E-state index in [2.05, 4.69) is 38.8 Å². The Bertz CT molecular complexity index is 799. The summed E-state index contributed by atoms with van der Waals surface area (Å²) in [7, 11) is 4.31. The predicted molar refractivity (Wildman–Crippen MR) is 96.0 cm³/mol. The number of rotatable bonds is 3. The van der Waals surface area contributed by atoms with Crippen LogP contribution in [0.1, 0.15) is 12.8 Å². The van der Waals surface area contributed by atoms with Crippen LogP contribution in [-0.2, 0) is 0 Å². The lowest BCUT2D eigenvalue weighted by Gasteiger charge is -2.35. The number of fused-ring (bicyclic) bond motifs is 1. The number of aromatic amines is 1. The molecule has 0 bridgehead atoms. The van der Waals surface area contributed by atoms with Crippen LogP contribution in [-0.4, -0.2) is 58.1 Å². The highest BCUT2D eigenvalue weighted by atomic mass is 15.2. The molecule has 1 aliphatic rings. The predicted octanol–water partition coefficient (Wildman–Crippen LogP) is 2.55. The van der Waals surface area contributed by atoms with Crippen molar-refractivity contribution < 1.29 is 0 Å². The van der Waals surface area contributed by atoms with Crippen LogP contribution in [0.5, 0.6) is 0 Å². The topological polar surface area (TPSA) is 60.9 Å². The monoisotopic (exact) mass is 322 g/mol. The smallest absolute Gasteiger partial charge is 0.158 e. The average molecular weight is 322 g/mol. The molecule has 3 heterocycles. The highest BCUT2D eigenvalue weighted by Crippen LogP contribution is 2.23. The van der Waals surface area contributed by atoms with Crippen molar-refractivity contribution in [2.75, 3.05) is 32.1 Å². The van der Waals surface area contributed by atoms with Gasteiger partial charge in [0, 0.05) is 19.1 Å². The number of hydrogen-bond acceptors (Lipinski definition) is 5. The molecule has 1 saturated heterocycles.